The highest BCUT2D eigenvalue weighted by Gasteiger charge is 2.18. The van der Waals surface area contributed by atoms with Crippen molar-refractivity contribution in [1.29, 1.82) is 0 Å². The van der Waals surface area contributed by atoms with Gasteiger partial charge in [0.25, 0.3) is 0 Å². The Bertz CT molecular complexity index is 640. The van der Waals surface area contributed by atoms with Crippen LogP contribution < -0.4 is 4.90 Å². The number of carboxylic acids is 1. The molecular weight excluding hydrogens is 310 g/mol. The number of aliphatic carboxylic acids is 1. The lowest BCUT2D eigenvalue weighted by Crippen LogP contribution is -2.34. The molecule has 1 aromatic carbocycles. The summed E-state index contributed by atoms with van der Waals surface area (Å²) in [5, 5.41) is 9.73. The van der Waals surface area contributed by atoms with Gasteiger partial charge in [-0.05, 0) is 25.8 Å². The number of aryl methyl sites for hydroxylation is 1. The van der Waals surface area contributed by atoms with Crippen molar-refractivity contribution in [1.82, 2.24) is 9.36 Å². The molecule has 0 aliphatic rings. The lowest BCUT2D eigenvalue weighted by Gasteiger charge is -2.26. The number of benzene rings is 1. The standard InChI is InChI=1S/C17H23N3O2S/c1-4-13(3)20(10-9-16(21)22)17-18-15(19-23-17)11-14-7-5-12(2)6-8-14/h5-8,13H,4,9-11H2,1-3H3,(H,21,22). The lowest BCUT2D eigenvalue weighted by molar-refractivity contribution is -0.136. The van der Waals surface area contributed by atoms with Gasteiger partial charge in [0, 0.05) is 30.5 Å². The quantitative estimate of drug-likeness (QED) is 0.800. The van der Waals surface area contributed by atoms with E-state index in [9.17, 15) is 4.79 Å². The molecular formula is C17H23N3O2S. The number of carbonyl (C=O) groups is 1. The van der Waals surface area contributed by atoms with Crippen molar-refractivity contribution < 1.29 is 9.90 Å². The summed E-state index contributed by atoms with van der Waals surface area (Å²) in [6.07, 6.45) is 1.74. The second-order valence-electron chi connectivity index (χ2n) is 5.75. The van der Waals surface area contributed by atoms with E-state index in [2.05, 4.69) is 54.4 Å². The first-order valence-corrected chi connectivity index (χ1v) is 8.63. The number of anilines is 1. The van der Waals surface area contributed by atoms with Gasteiger partial charge in [-0.2, -0.15) is 4.37 Å². The van der Waals surface area contributed by atoms with Gasteiger partial charge >= 0.3 is 5.97 Å². The van der Waals surface area contributed by atoms with Crippen molar-refractivity contribution in [2.75, 3.05) is 11.4 Å². The maximum Gasteiger partial charge on any atom is 0.305 e. The Kier molecular flexibility index (Phi) is 6.10. The molecule has 0 aliphatic carbocycles. The summed E-state index contributed by atoms with van der Waals surface area (Å²) in [4.78, 5) is 17.5. The maximum atomic E-state index is 10.9. The van der Waals surface area contributed by atoms with Crippen molar-refractivity contribution in [3.63, 3.8) is 0 Å². The number of nitrogens with zero attached hydrogens (tertiary/aromatic N) is 3. The summed E-state index contributed by atoms with van der Waals surface area (Å²) in [5.41, 5.74) is 2.41. The Morgan fingerprint density at radius 1 is 1.35 bits per heavy atom. The average molecular weight is 333 g/mol. The van der Waals surface area contributed by atoms with Crippen LogP contribution in [0.5, 0.6) is 0 Å². The van der Waals surface area contributed by atoms with E-state index >= 15 is 0 Å². The normalized spacial score (nSPS) is 12.1. The Hall–Kier alpha value is -1.95. The van der Waals surface area contributed by atoms with Gasteiger partial charge in [0.05, 0.1) is 6.42 Å². The smallest absolute Gasteiger partial charge is 0.305 e. The van der Waals surface area contributed by atoms with Crippen molar-refractivity contribution in [2.24, 2.45) is 0 Å². The van der Waals surface area contributed by atoms with Crippen LogP contribution in [-0.4, -0.2) is 33.0 Å². The molecule has 2 rings (SSSR count). The fourth-order valence-corrected chi connectivity index (χ4v) is 3.08. The van der Waals surface area contributed by atoms with Crippen molar-refractivity contribution in [3.05, 3.63) is 41.2 Å². The van der Waals surface area contributed by atoms with Crippen LogP contribution in [0, 0.1) is 6.92 Å². The highest BCUT2D eigenvalue weighted by atomic mass is 32.1. The second-order valence-corrected chi connectivity index (χ2v) is 6.48. The number of carboxylic acid groups (broad SMARTS) is 1. The minimum absolute atomic E-state index is 0.108. The van der Waals surface area contributed by atoms with E-state index in [1.807, 2.05) is 4.90 Å². The molecule has 1 N–H and O–H groups in total. The van der Waals surface area contributed by atoms with Crippen LogP contribution >= 0.6 is 11.5 Å². The van der Waals surface area contributed by atoms with Crippen LogP contribution in [0.25, 0.3) is 0 Å². The van der Waals surface area contributed by atoms with Crippen molar-refractivity contribution in [3.8, 4) is 0 Å². The summed E-state index contributed by atoms with van der Waals surface area (Å²) in [5.74, 6) is 0.000165. The zero-order chi connectivity index (χ0) is 16.8. The van der Waals surface area contributed by atoms with Crippen LogP contribution in [-0.2, 0) is 11.2 Å². The molecule has 1 heterocycles. The van der Waals surface area contributed by atoms with Gasteiger partial charge in [-0.15, -0.1) is 0 Å². The van der Waals surface area contributed by atoms with Crippen LogP contribution in [0.15, 0.2) is 24.3 Å². The maximum absolute atomic E-state index is 10.9. The highest BCUT2D eigenvalue weighted by Crippen LogP contribution is 2.22. The van der Waals surface area contributed by atoms with Gasteiger partial charge in [0.1, 0.15) is 5.82 Å². The Morgan fingerprint density at radius 3 is 2.65 bits per heavy atom. The molecule has 0 saturated heterocycles. The third-order valence-corrected chi connectivity index (χ3v) is 4.67. The SMILES string of the molecule is CCC(C)N(CCC(=O)O)c1nc(Cc2ccc(C)cc2)ns1. The molecule has 0 amide bonds. The molecule has 1 unspecified atom stereocenters. The molecule has 0 spiro atoms. The van der Waals surface area contributed by atoms with Crippen LogP contribution in [0.1, 0.15) is 43.6 Å². The van der Waals surface area contributed by atoms with Crippen LogP contribution in [0.3, 0.4) is 0 Å². The molecule has 5 nitrogen and oxygen atoms in total. The summed E-state index contributed by atoms with van der Waals surface area (Å²) < 4.78 is 4.44. The summed E-state index contributed by atoms with van der Waals surface area (Å²) in [7, 11) is 0. The van der Waals surface area contributed by atoms with E-state index < -0.39 is 5.97 Å². The van der Waals surface area contributed by atoms with Crippen molar-refractivity contribution in [2.45, 2.75) is 46.1 Å². The van der Waals surface area contributed by atoms with Gasteiger partial charge in [-0.3, -0.25) is 4.79 Å². The summed E-state index contributed by atoms with van der Waals surface area (Å²) in [6, 6.07) is 8.59. The Balaban J connectivity index is 2.10. The molecule has 1 aromatic heterocycles. The van der Waals surface area contributed by atoms with Gasteiger partial charge in [-0.25, -0.2) is 4.98 Å². The first-order chi connectivity index (χ1) is 11.0. The molecule has 2 aromatic rings. The Labute approximate surface area is 141 Å². The molecule has 23 heavy (non-hydrogen) atoms. The first-order valence-electron chi connectivity index (χ1n) is 7.86. The van der Waals surface area contributed by atoms with E-state index in [1.165, 1.54) is 22.7 Å². The van der Waals surface area contributed by atoms with Gasteiger partial charge in [0.15, 0.2) is 0 Å². The number of rotatable bonds is 8. The van der Waals surface area contributed by atoms with E-state index in [4.69, 9.17) is 5.11 Å². The van der Waals surface area contributed by atoms with Gasteiger partial charge in [0.2, 0.25) is 5.13 Å². The third-order valence-electron chi connectivity index (χ3n) is 3.88. The molecule has 124 valence electrons. The lowest BCUT2D eigenvalue weighted by atomic mass is 10.1. The molecule has 6 heteroatoms. The molecule has 0 bridgehead atoms. The fraction of sp³-hybridized carbons (Fsp3) is 0.471. The molecule has 1 atom stereocenters. The number of hydrogen-bond donors (Lipinski definition) is 1. The van der Waals surface area contributed by atoms with E-state index in [0.29, 0.717) is 13.0 Å². The van der Waals surface area contributed by atoms with E-state index in [0.717, 1.165) is 17.4 Å². The monoisotopic (exact) mass is 333 g/mol. The topological polar surface area (TPSA) is 66.3 Å². The second kappa shape index (κ2) is 8.06. The van der Waals surface area contributed by atoms with E-state index in [1.54, 1.807) is 0 Å². The number of aromatic nitrogens is 2. The zero-order valence-corrected chi connectivity index (χ0v) is 14.6. The average Bonchev–Trinajstić information content (AvgIpc) is 2.97. The molecule has 0 fully saturated rings. The Morgan fingerprint density at radius 2 is 2.04 bits per heavy atom. The number of hydrogen-bond acceptors (Lipinski definition) is 5. The zero-order valence-electron chi connectivity index (χ0n) is 13.8. The molecule has 0 radical (unpaired) electrons. The predicted octanol–water partition coefficient (Wildman–Crippen LogP) is 3.52. The fourth-order valence-electron chi connectivity index (χ4n) is 2.26. The van der Waals surface area contributed by atoms with Crippen LogP contribution in [0.2, 0.25) is 0 Å². The first kappa shape index (κ1) is 17.4. The largest absolute Gasteiger partial charge is 0.481 e. The van der Waals surface area contributed by atoms with Crippen molar-refractivity contribution >= 4 is 22.6 Å². The minimum Gasteiger partial charge on any atom is -0.481 e. The summed E-state index contributed by atoms with van der Waals surface area (Å²) in [6.45, 7) is 6.70. The van der Waals surface area contributed by atoms with Crippen LogP contribution in [0.4, 0.5) is 5.13 Å². The predicted molar refractivity (Wildman–Crippen MR) is 93.2 cm³/mol. The summed E-state index contributed by atoms with van der Waals surface area (Å²) >= 11 is 1.35. The highest BCUT2D eigenvalue weighted by molar-refractivity contribution is 7.09. The molecule has 0 aliphatic heterocycles. The van der Waals surface area contributed by atoms with E-state index in [-0.39, 0.29) is 12.5 Å². The van der Waals surface area contributed by atoms with Gasteiger partial charge in [-0.1, -0.05) is 36.8 Å². The molecule has 0 saturated carbocycles. The minimum atomic E-state index is -0.789. The van der Waals surface area contributed by atoms with Gasteiger partial charge < -0.3 is 10.0 Å². The third kappa shape index (κ3) is 5.03.